The van der Waals surface area contributed by atoms with Crippen LogP contribution >= 0.6 is 0 Å². The van der Waals surface area contributed by atoms with Gasteiger partial charge in [0.15, 0.2) is 0 Å². The van der Waals surface area contributed by atoms with Gasteiger partial charge in [-0.2, -0.15) is 0 Å². The van der Waals surface area contributed by atoms with Gasteiger partial charge in [0.1, 0.15) is 5.54 Å². The van der Waals surface area contributed by atoms with Gasteiger partial charge in [0.05, 0.1) is 0 Å². The fourth-order valence-electron chi connectivity index (χ4n) is 4.20. The highest BCUT2D eigenvalue weighted by Crippen LogP contribution is 2.32. The number of hydrogen-bond donors (Lipinski definition) is 2. The molecular formula is C21H35N3O. The molecule has 1 aromatic rings. The summed E-state index contributed by atoms with van der Waals surface area (Å²) in [5, 5.41) is 7.09. The summed E-state index contributed by atoms with van der Waals surface area (Å²) in [7, 11) is 1.95. The van der Waals surface area contributed by atoms with Gasteiger partial charge in [0.2, 0.25) is 5.91 Å². The fourth-order valence-corrected chi connectivity index (χ4v) is 4.20. The zero-order chi connectivity index (χ0) is 19.0. The molecule has 1 fully saturated rings. The number of nitrogens with zero attached hydrogens (tertiary/aromatic N) is 1. The maximum Gasteiger partial charge on any atom is 0.247 e. The van der Waals surface area contributed by atoms with Crippen LogP contribution < -0.4 is 10.6 Å². The smallest absolute Gasteiger partial charge is 0.247 e. The lowest BCUT2D eigenvalue weighted by atomic mass is 9.78. The van der Waals surface area contributed by atoms with Crippen molar-refractivity contribution in [2.24, 2.45) is 0 Å². The molecule has 140 valence electrons. The van der Waals surface area contributed by atoms with E-state index in [4.69, 9.17) is 0 Å². The Morgan fingerprint density at radius 3 is 2.08 bits per heavy atom. The van der Waals surface area contributed by atoms with Gasteiger partial charge < -0.3 is 15.5 Å². The van der Waals surface area contributed by atoms with Crippen LogP contribution in [-0.2, 0) is 4.79 Å². The first kappa shape index (κ1) is 19.8. The lowest BCUT2D eigenvalue weighted by Gasteiger charge is -2.49. The molecule has 4 heteroatoms. The van der Waals surface area contributed by atoms with Crippen molar-refractivity contribution in [3.05, 3.63) is 29.8 Å². The molecule has 1 aliphatic heterocycles. The molecule has 0 aliphatic carbocycles. The molecule has 1 saturated heterocycles. The number of amides is 1. The quantitative estimate of drug-likeness (QED) is 0.868. The minimum Gasteiger partial charge on any atom is -0.372 e. The third kappa shape index (κ3) is 4.97. The Morgan fingerprint density at radius 1 is 1.12 bits per heavy atom. The highest BCUT2D eigenvalue weighted by atomic mass is 16.2. The fraction of sp³-hybridized carbons (Fsp3) is 0.667. The number of aryl methyl sites for hydroxylation is 1. The molecule has 25 heavy (non-hydrogen) atoms. The van der Waals surface area contributed by atoms with Gasteiger partial charge in [0, 0.05) is 29.9 Å². The molecule has 1 heterocycles. The Labute approximate surface area is 153 Å². The van der Waals surface area contributed by atoms with Crippen LogP contribution in [0, 0.1) is 6.92 Å². The van der Waals surface area contributed by atoms with Crippen molar-refractivity contribution in [1.29, 1.82) is 0 Å². The van der Waals surface area contributed by atoms with E-state index in [-0.39, 0.29) is 23.0 Å². The molecule has 0 atom stereocenters. The molecule has 0 unspecified atom stereocenters. The molecule has 2 N–H and O–H groups in total. The summed E-state index contributed by atoms with van der Waals surface area (Å²) in [5.41, 5.74) is 1.59. The second-order valence-corrected chi connectivity index (χ2v) is 9.49. The zero-order valence-electron chi connectivity index (χ0n) is 17.2. The summed E-state index contributed by atoms with van der Waals surface area (Å²) in [6.45, 7) is 14.9. The Balaban J connectivity index is 2.13. The number of rotatable bonds is 4. The van der Waals surface area contributed by atoms with E-state index in [1.807, 2.05) is 37.9 Å². The van der Waals surface area contributed by atoms with Crippen molar-refractivity contribution in [3.63, 3.8) is 0 Å². The number of likely N-dealkylation sites (N-methyl/N-ethyl adjacent to an activating group) is 1. The van der Waals surface area contributed by atoms with Gasteiger partial charge in [0.25, 0.3) is 0 Å². The molecule has 1 aliphatic rings. The van der Waals surface area contributed by atoms with E-state index >= 15 is 0 Å². The Morgan fingerprint density at radius 2 is 1.60 bits per heavy atom. The van der Waals surface area contributed by atoms with Crippen molar-refractivity contribution >= 4 is 11.6 Å². The maximum atomic E-state index is 13.2. The average Bonchev–Trinajstić information content (AvgIpc) is 2.44. The zero-order valence-corrected chi connectivity index (χ0v) is 17.2. The lowest BCUT2D eigenvalue weighted by molar-refractivity contribution is -0.137. The van der Waals surface area contributed by atoms with Gasteiger partial charge in [-0.1, -0.05) is 17.7 Å². The van der Waals surface area contributed by atoms with E-state index in [1.54, 1.807) is 0 Å². The number of carbonyl (C=O) groups excluding carboxylic acids is 1. The third-order valence-corrected chi connectivity index (χ3v) is 5.08. The lowest BCUT2D eigenvalue weighted by Crippen LogP contribution is -2.64. The van der Waals surface area contributed by atoms with E-state index in [0.717, 1.165) is 18.5 Å². The van der Waals surface area contributed by atoms with Gasteiger partial charge in [-0.15, -0.1) is 0 Å². The number of hydrogen-bond acceptors (Lipinski definition) is 3. The van der Waals surface area contributed by atoms with Gasteiger partial charge in [-0.3, -0.25) is 4.79 Å². The van der Waals surface area contributed by atoms with Crippen LogP contribution in [-0.4, -0.2) is 40.5 Å². The summed E-state index contributed by atoms with van der Waals surface area (Å²) in [4.78, 5) is 15.2. The Kier molecular flexibility index (Phi) is 5.25. The number of piperidine rings is 1. The topological polar surface area (TPSA) is 44.4 Å². The third-order valence-electron chi connectivity index (χ3n) is 5.08. The number of anilines is 1. The van der Waals surface area contributed by atoms with Crippen molar-refractivity contribution in [1.82, 2.24) is 10.2 Å². The predicted molar refractivity (Wildman–Crippen MR) is 106 cm³/mol. The van der Waals surface area contributed by atoms with Crippen LogP contribution in [0.15, 0.2) is 24.3 Å². The maximum absolute atomic E-state index is 13.2. The molecule has 0 spiro atoms. The first-order valence-corrected chi connectivity index (χ1v) is 9.23. The number of carbonyl (C=O) groups is 1. The van der Waals surface area contributed by atoms with E-state index in [1.165, 1.54) is 5.56 Å². The van der Waals surface area contributed by atoms with Crippen LogP contribution in [0.4, 0.5) is 5.69 Å². The van der Waals surface area contributed by atoms with Gasteiger partial charge in [-0.05, 0) is 73.4 Å². The molecule has 1 aromatic carbocycles. The van der Waals surface area contributed by atoms with Crippen molar-refractivity contribution in [3.8, 4) is 0 Å². The van der Waals surface area contributed by atoms with E-state index in [2.05, 4.69) is 57.4 Å². The molecule has 2 rings (SSSR count). The minimum absolute atomic E-state index is 0.0233. The molecule has 4 nitrogen and oxygen atoms in total. The molecule has 0 saturated carbocycles. The number of nitrogens with one attached hydrogen (secondary N) is 2. The van der Waals surface area contributed by atoms with Crippen molar-refractivity contribution < 1.29 is 4.79 Å². The summed E-state index contributed by atoms with van der Waals surface area (Å²) in [6, 6.07) is 8.41. The second-order valence-electron chi connectivity index (χ2n) is 9.49. The highest BCUT2D eigenvalue weighted by molar-refractivity contribution is 5.88. The first-order chi connectivity index (χ1) is 11.3. The van der Waals surface area contributed by atoms with Crippen molar-refractivity contribution in [2.75, 3.05) is 12.4 Å². The van der Waals surface area contributed by atoms with Crippen LogP contribution in [0.5, 0.6) is 0 Å². The molecule has 0 aromatic heterocycles. The van der Waals surface area contributed by atoms with Gasteiger partial charge in [-0.25, -0.2) is 0 Å². The Hall–Kier alpha value is -1.55. The monoisotopic (exact) mass is 345 g/mol. The SMILES string of the molecule is Cc1ccc(NC(C)(C)C(=O)N(C)C2CC(C)(C)NC(C)(C)C2)cc1. The summed E-state index contributed by atoms with van der Waals surface area (Å²) < 4.78 is 0. The van der Waals surface area contributed by atoms with Gasteiger partial charge >= 0.3 is 0 Å². The molecule has 1 amide bonds. The number of benzene rings is 1. The summed E-state index contributed by atoms with van der Waals surface area (Å²) >= 11 is 0. The molecular weight excluding hydrogens is 310 g/mol. The van der Waals surface area contributed by atoms with Crippen LogP contribution in [0.3, 0.4) is 0 Å². The van der Waals surface area contributed by atoms with E-state index < -0.39 is 5.54 Å². The summed E-state index contributed by atoms with van der Waals surface area (Å²) in [6.07, 6.45) is 1.92. The first-order valence-electron chi connectivity index (χ1n) is 9.23. The summed E-state index contributed by atoms with van der Waals surface area (Å²) in [5.74, 6) is 0.131. The Bertz CT molecular complexity index is 601. The molecule has 0 bridgehead atoms. The van der Waals surface area contributed by atoms with E-state index in [9.17, 15) is 4.79 Å². The predicted octanol–water partition coefficient (Wildman–Crippen LogP) is 3.95. The van der Waals surface area contributed by atoms with Crippen LogP contribution in [0.2, 0.25) is 0 Å². The van der Waals surface area contributed by atoms with Crippen molar-refractivity contribution in [2.45, 2.75) is 84.0 Å². The van der Waals surface area contributed by atoms with Crippen LogP contribution in [0.25, 0.3) is 0 Å². The molecule has 0 radical (unpaired) electrons. The average molecular weight is 346 g/mol. The van der Waals surface area contributed by atoms with E-state index in [0.29, 0.717) is 0 Å². The largest absolute Gasteiger partial charge is 0.372 e. The second kappa shape index (κ2) is 6.64. The minimum atomic E-state index is -0.650. The van der Waals surface area contributed by atoms with Crippen LogP contribution in [0.1, 0.15) is 59.9 Å². The highest BCUT2D eigenvalue weighted by Gasteiger charge is 2.42. The normalized spacial score (nSPS) is 20.2. The standard InChI is InChI=1S/C21H35N3O/c1-15-9-11-16(12-10-15)22-21(6,7)18(25)24(8)17-13-19(2,3)23-20(4,5)14-17/h9-12,17,22-23H,13-14H2,1-8H3.